The van der Waals surface area contributed by atoms with Crippen LogP contribution < -0.4 is 0 Å². The van der Waals surface area contributed by atoms with Crippen LogP contribution >= 0.6 is 11.3 Å². The van der Waals surface area contributed by atoms with Crippen LogP contribution in [0.5, 0.6) is 0 Å². The van der Waals surface area contributed by atoms with E-state index in [1.54, 1.807) is 18.2 Å². The van der Waals surface area contributed by atoms with Crippen LogP contribution in [0.4, 0.5) is 0 Å². The first-order valence-corrected chi connectivity index (χ1v) is 11.8. The highest BCUT2D eigenvalue weighted by molar-refractivity contribution is 7.19. The lowest BCUT2D eigenvalue weighted by Gasteiger charge is -2.20. The zero-order chi connectivity index (χ0) is 21.4. The monoisotopic (exact) mass is 433 g/mol. The smallest absolute Gasteiger partial charge is 0.197 e. The van der Waals surface area contributed by atoms with Crippen LogP contribution in [0.25, 0.3) is 16.2 Å². The van der Waals surface area contributed by atoms with Gasteiger partial charge in [0.2, 0.25) is 0 Å². The van der Waals surface area contributed by atoms with E-state index in [1.165, 1.54) is 37.4 Å². The maximum atomic E-state index is 12.7. The number of benzene rings is 2. The topological polar surface area (TPSA) is 37.4 Å². The van der Waals surface area contributed by atoms with Crippen molar-refractivity contribution in [2.75, 3.05) is 0 Å². The molecular formula is C28H19NO2S. The second-order valence-electron chi connectivity index (χ2n) is 8.85. The number of ketones is 2. The third kappa shape index (κ3) is 2.53. The number of hydrogen-bond donors (Lipinski definition) is 0. The number of hydrogen-bond acceptors (Lipinski definition) is 4. The van der Waals surface area contributed by atoms with Crippen molar-refractivity contribution in [3.05, 3.63) is 110 Å². The van der Waals surface area contributed by atoms with Gasteiger partial charge in [0, 0.05) is 39.4 Å². The summed E-state index contributed by atoms with van der Waals surface area (Å²) in [5, 5.41) is 1.41. The molecule has 0 radical (unpaired) electrons. The maximum absolute atomic E-state index is 12.7. The summed E-state index contributed by atoms with van der Waals surface area (Å²) in [7, 11) is 0. The van der Waals surface area contributed by atoms with E-state index in [9.17, 15) is 9.59 Å². The van der Waals surface area contributed by atoms with Crippen molar-refractivity contribution in [1.29, 1.82) is 0 Å². The van der Waals surface area contributed by atoms with Gasteiger partial charge in [0.05, 0.1) is 12.1 Å². The highest BCUT2D eigenvalue weighted by Crippen LogP contribution is 2.42. The van der Waals surface area contributed by atoms with Gasteiger partial charge in [-0.3, -0.25) is 9.59 Å². The number of fused-ring (bicyclic) bond motifs is 5. The number of thiophene rings is 1. The fraction of sp³-hybridized carbons (Fsp3) is 0.143. The first-order valence-electron chi connectivity index (χ1n) is 10.9. The predicted octanol–water partition coefficient (Wildman–Crippen LogP) is 6.01. The maximum Gasteiger partial charge on any atom is 0.197 e. The molecule has 0 N–H and O–H groups in total. The molecule has 2 heterocycles. The van der Waals surface area contributed by atoms with E-state index in [0.29, 0.717) is 16.7 Å². The van der Waals surface area contributed by atoms with Gasteiger partial charge in [-0.05, 0) is 58.4 Å². The predicted molar refractivity (Wildman–Crippen MR) is 128 cm³/mol. The molecule has 1 aliphatic heterocycles. The highest BCUT2D eigenvalue weighted by Gasteiger charge is 2.33. The Hall–Kier alpha value is -3.50. The fourth-order valence-corrected chi connectivity index (χ4v) is 6.57. The average molecular weight is 434 g/mol. The Balaban J connectivity index is 1.11. The summed E-state index contributed by atoms with van der Waals surface area (Å²) >= 11 is 1.91. The Morgan fingerprint density at radius 2 is 1.78 bits per heavy atom. The van der Waals surface area contributed by atoms with Crippen molar-refractivity contribution >= 4 is 39.1 Å². The quantitative estimate of drug-likeness (QED) is 0.367. The van der Waals surface area contributed by atoms with Crippen LogP contribution in [-0.4, -0.2) is 16.5 Å². The number of allylic oxidation sites excluding steroid dienone is 6. The molecular weight excluding hydrogens is 414 g/mol. The first kappa shape index (κ1) is 18.1. The van der Waals surface area contributed by atoms with E-state index < -0.39 is 0 Å². The summed E-state index contributed by atoms with van der Waals surface area (Å²) in [6.07, 6.45) is 12.3. The lowest BCUT2D eigenvalue weighted by atomic mass is 10.0. The van der Waals surface area contributed by atoms with Gasteiger partial charge >= 0.3 is 0 Å². The molecule has 7 rings (SSSR count). The SMILES string of the molecule is O=C1C(=CC2=CC=C(N3Cc4sc5cc6c(cc5c4C3)CC=C6)C2)C(=O)c2ccccc21. The normalized spacial score (nSPS) is 18.4. The van der Waals surface area contributed by atoms with Crippen LogP contribution in [0.2, 0.25) is 0 Å². The number of rotatable bonds is 2. The van der Waals surface area contributed by atoms with Crippen molar-refractivity contribution in [2.24, 2.45) is 0 Å². The Labute approximate surface area is 189 Å². The van der Waals surface area contributed by atoms with Crippen LogP contribution in [0.15, 0.2) is 77.5 Å². The molecule has 4 aliphatic rings. The lowest BCUT2D eigenvalue weighted by Crippen LogP contribution is -2.15. The largest absolute Gasteiger partial charge is 0.365 e. The number of nitrogens with zero attached hydrogens (tertiary/aromatic N) is 1. The number of Topliss-reactive ketones (excluding diaryl/α,β-unsaturated/α-hetero) is 2. The van der Waals surface area contributed by atoms with Crippen molar-refractivity contribution < 1.29 is 9.59 Å². The molecule has 2 aromatic carbocycles. The summed E-state index contributed by atoms with van der Waals surface area (Å²) in [6, 6.07) is 11.8. The number of carbonyl (C=O) groups excluding carboxylic acids is 2. The van der Waals surface area contributed by atoms with E-state index in [-0.39, 0.29) is 11.6 Å². The van der Waals surface area contributed by atoms with E-state index in [2.05, 4.69) is 41.3 Å². The van der Waals surface area contributed by atoms with Gasteiger partial charge in [0.25, 0.3) is 0 Å². The van der Waals surface area contributed by atoms with Crippen molar-refractivity contribution in [3.8, 4) is 0 Å². The Morgan fingerprint density at radius 1 is 0.969 bits per heavy atom. The third-order valence-electron chi connectivity index (χ3n) is 6.97. The lowest BCUT2D eigenvalue weighted by molar-refractivity contribution is 0.0988. The molecule has 0 saturated carbocycles. The Kier molecular flexibility index (Phi) is 3.68. The molecule has 4 heteroatoms. The Morgan fingerprint density at radius 3 is 2.59 bits per heavy atom. The van der Waals surface area contributed by atoms with Gasteiger partial charge < -0.3 is 4.90 Å². The molecule has 1 aromatic heterocycles. The minimum absolute atomic E-state index is 0.156. The molecule has 0 amide bonds. The van der Waals surface area contributed by atoms with Gasteiger partial charge in [-0.25, -0.2) is 0 Å². The zero-order valence-electron chi connectivity index (χ0n) is 17.4. The molecule has 0 atom stereocenters. The second kappa shape index (κ2) is 6.50. The molecule has 0 unspecified atom stereocenters. The zero-order valence-corrected chi connectivity index (χ0v) is 18.2. The molecule has 0 bridgehead atoms. The van der Waals surface area contributed by atoms with Crippen molar-refractivity contribution in [1.82, 2.24) is 4.90 Å². The average Bonchev–Trinajstić information content (AvgIpc) is 3.60. The molecule has 0 fully saturated rings. The molecule has 154 valence electrons. The van der Waals surface area contributed by atoms with Gasteiger partial charge in [0.1, 0.15) is 0 Å². The van der Waals surface area contributed by atoms with Crippen molar-refractivity contribution in [3.63, 3.8) is 0 Å². The summed E-state index contributed by atoms with van der Waals surface area (Å²) in [4.78, 5) is 29.3. The summed E-state index contributed by atoms with van der Waals surface area (Å²) in [5.74, 6) is -0.311. The summed E-state index contributed by atoms with van der Waals surface area (Å²) in [6.45, 7) is 1.86. The number of carbonyl (C=O) groups is 2. The third-order valence-corrected chi connectivity index (χ3v) is 8.15. The van der Waals surface area contributed by atoms with Crippen molar-refractivity contribution in [2.45, 2.75) is 25.9 Å². The van der Waals surface area contributed by atoms with Gasteiger partial charge in [-0.1, -0.05) is 42.5 Å². The van der Waals surface area contributed by atoms with Crippen LogP contribution in [0, 0.1) is 0 Å². The fourth-order valence-electron chi connectivity index (χ4n) is 5.31. The molecule has 0 spiro atoms. The van der Waals surface area contributed by atoms with Crippen LogP contribution in [-0.2, 0) is 19.5 Å². The molecule has 3 nitrogen and oxygen atoms in total. The second-order valence-corrected chi connectivity index (χ2v) is 9.99. The van der Waals surface area contributed by atoms with E-state index in [4.69, 9.17) is 0 Å². The standard InChI is InChI=1S/C28H19NO2S/c30-27-20-6-1-2-7-21(20)28(31)23(27)11-16-8-9-19(10-16)29-14-24-22-12-17-4-3-5-18(17)13-25(22)32-26(24)15-29/h1-3,5-9,11-13H,4,10,14-15H2. The van der Waals surface area contributed by atoms with E-state index in [0.717, 1.165) is 31.5 Å². The molecule has 3 aromatic rings. The Bertz CT molecular complexity index is 1470. The molecule has 32 heavy (non-hydrogen) atoms. The summed E-state index contributed by atoms with van der Waals surface area (Å²) in [5.41, 5.74) is 7.87. The van der Waals surface area contributed by atoms with E-state index in [1.807, 2.05) is 23.5 Å². The minimum atomic E-state index is -0.156. The molecule has 0 saturated heterocycles. The van der Waals surface area contributed by atoms with Gasteiger partial charge in [-0.15, -0.1) is 11.3 Å². The van der Waals surface area contributed by atoms with Crippen LogP contribution in [0.3, 0.4) is 0 Å². The van der Waals surface area contributed by atoms with Gasteiger partial charge in [-0.2, -0.15) is 0 Å². The first-order chi connectivity index (χ1) is 15.7. The highest BCUT2D eigenvalue weighted by atomic mass is 32.1. The van der Waals surface area contributed by atoms with Gasteiger partial charge in [0.15, 0.2) is 11.6 Å². The van der Waals surface area contributed by atoms with E-state index >= 15 is 0 Å². The molecule has 3 aliphatic carbocycles. The minimum Gasteiger partial charge on any atom is -0.365 e. The summed E-state index contributed by atoms with van der Waals surface area (Å²) < 4.78 is 1.39. The van der Waals surface area contributed by atoms with Crippen LogP contribution in [0.1, 0.15) is 48.7 Å².